The normalized spacial score (nSPS) is 18.7. The zero-order chi connectivity index (χ0) is 25.0. The van der Waals surface area contributed by atoms with E-state index >= 15 is 0 Å². The van der Waals surface area contributed by atoms with Crippen molar-refractivity contribution in [2.45, 2.75) is 31.0 Å². The van der Waals surface area contributed by atoms with Crippen molar-refractivity contribution < 1.29 is 27.5 Å². The molecule has 1 N–H and O–H groups in total. The average molecular weight is 516 g/mol. The Bertz CT molecular complexity index is 1300. The minimum atomic E-state index is -3.82. The standard InChI is InChI=1S/C24H25N3O6S2/c1-16-12-27(13-17(2)33-16)35(30,31)20-10-6-9-19(11-20)23(29)32-14-22(28)26-24-25-21(15-34-24)18-7-4-3-5-8-18/h3-11,15-17H,12-14H2,1-2H3,(H,25,26,28). The molecule has 1 fully saturated rings. The first-order valence-corrected chi connectivity index (χ1v) is 13.3. The van der Waals surface area contributed by atoms with Gasteiger partial charge in [0, 0.05) is 24.0 Å². The van der Waals surface area contributed by atoms with Gasteiger partial charge < -0.3 is 9.47 Å². The molecule has 4 rings (SSSR count). The van der Waals surface area contributed by atoms with Crippen LogP contribution in [0, 0.1) is 0 Å². The molecule has 35 heavy (non-hydrogen) atoms. The van der Waals surface area contributed by atoms with Crippen LogP contribution in [0.4, 0.5) is 5.13 Å². The predicted molar refractivity (Wildman–Crippen MR) is 132 cm³/mol. The van der Waals surface area contributed by atoms with Crippen LogP contribution in [-0.4, -0.2) is 61.5 Å². The maximum absolute atomic E-state index is 13.1. The first-order chi connectivity index (χ1) is 16.7. The minimum absolute atomic E-state index is 0.0195. The van der Waals surface area contributed by atoms with Crippen LogP contribution in [0.2, 0.25) is 0 Å². The molecule has 184 valence electrons. The van der Waals surface area contributed by atoms with E-state index < -0.39 is 28.5 Å². The summed E-state index contributed by atoms with van der Waals surface area (Å²) in [6.07, 6.45) is -0.469. The summed E-state index contributed by atoms with van der Waals surface area (Å²) in [6.45, 7) is 3.54. The van der Waals surface area contributed by atoms with Gasteiger partial charge in [-0.2, -0.15) is 4.31 Å². The van der Waals surface area contributed by atoms with Crippen molar-refractivity contribution in [3.05, 3.63) is 65.5 Å². The largest absolute Gasteiger partial charge is 0.452 e. The zero-order valence-corrected chi connectivity index (χ0v) is 20.8. The highest BCUT2D eigenvalue weighted by Gasteiger charge is 2.32. The van der Waals surface area contributed by atoms with E-state index in [9.17, 15) is 18.0 Å². The lowest BCUT2D eigenvalue weighted by Gasteiger charge is -2.34. The molecule has 1 aliphatic heterocycles. The number of nitrogens with one attached hydrogen (secondary N) is 1. The molecule has 1 saturated heterocycles. The number of esters is 1. The molecule has 2 atom stereocenters. The third kappa shape index (κ3) is 6.12. The first kappa shape index (κ1) is 25.0. The number of thiazole rings is 1. The molecule has 1 aromatic heterocycles. The van der Waals surface area contributed by atoms with Crippen molar-refractivity contribution in [1.82, 2.24) is 9.29 Å². The molecule has 0 aliphatic carbocycles. The molecule has 1 aliphatic rings. The van der Waals surface area contributed by atoms with Crippen molar-refractivity contribution in [2.24, 2.45) is 0 Å². The van der Waals surface area contributed by atoms with Gasteiger partial charge >= 0.3 is 5.97 Å². The number of morpholine rings is 1. The van der Waals surface area contributed by atoms with Crippen LogP contribution in [-0.2, 0) is 24.3 Å². The second-order valence-corrected chi connectivity index (χ2v) is 10.9. The summed E-state index contributed by atoms with van der Waals surface area (Å²) in [4.78, 5) is 29.1. The number of aromatic nitrogens is 1. The van der Waals surface area contributed by atoms with Crippen LogP contribution in [0.25, 0.3) is 11.3 Å². The Morgan fingerprint density at radius 1 is 1.11 bits per heavy atom. The molecule has 9 nitrogen and oxygen atoms in total. The van der Waals surface area contributed by atoms with Gasteiger partial charge in [0.05, 0.1) is 28.4 Å². The van der Waals surface area contributed by atoms with E-state index in [-0.39, 0.29) is 35.8 Å². The van der Waals surface area contributed by atoms with Crippen molar-refractivity contribution in [2.75, 3.05) is 25.0 Å². The number of nitrogens with zero attached hydrogens (tertiary/aromatic N) is 2. The number of sulfonamides is 1. The van der Waals surface area contributed by atoms with Gasteiger partial charge in [0.25, 0.3) is 5.91 Å². The topological polar surface area (TPSA) is 115 Å². The number of benzene rings is 2. The molecule has 11 heteroatoms. The Hall–Kier alpha value is -3.12. The van der Waals surface area contributed by atoms with Gasteiger partial charge in [0.2, 0.25) is 10.0 Å². The van der Waals surface area contributed by atoms with Gasteiger partial charge in [-0.05, 0) is 32.0 Å². The van der Waals surface area contributed by atoms with Gasteiger partial charge in [-0.15, -0.1) is 11.3 Å². The monoisotopic (exact) mass is 515 g/mol. The number of carbonyl (C=O) groups is 2. The number of hydrogen-bond donors (Lipinski definition) is 1. The number of anilines is 1. The van der Waals surface area contributed by atoms with Gasteiger partial charge in [0.15, 0.2) is 11.7 Å². The molecular weight excluding hydrogens is 490 g/mol. The molecule has 2 aromatic carbocycles. The molecule has 0 saturated carbocycles. The smallest absolute Gasteiger partial charge is 0.338 e. The Morgan fingerprint density at radius 2 is 1.83 bits per heavy atom. The van der Waals surface area contributed by atoms with Gasteiger partial charge in [-0.3, -0.25) is 10.1 Å². The summed E-state index contributed by atoms with van der Waals surface area (Å²) in [5.41, 5.74) is 1.69. The van der Waals surface area contributed by atoms with Crippen molar-refractivity contribution >= 4 is 38.4 Å². The van der Waals surface area contributed by atoms with Gasteiger partial charge in [-0.25, -0.2) is 18.2 Å². The number of amides is 1. The van der Waals surface area contributed by atoms with Crippen molar-refractivity contribution in [3.8, 4) is 11.3 Å². The van der Waals surface area contributed by atoms with E-state index in [0.29, 0.717) is 5.13 Å². The Morgan fingerprint density at radius 3 is 2.54 bits per heavy atom. The molecule has 2 heterocycles. The van der Waals surface area contributed by atoms with Crippen molar-refractivity contribution in [3.63, 3.8) is 0 Å². The van der Waals surface area contributed by atoms with Crippen LogP contribution >= 0.6 is 11.3 Å². The number of carbonyl (C=O) groups excluding carboxylic acids is 2. The Kier molecular flexibility index (Phi) is 7.60. The predicted octanol–water partition coefficient (Wildman–Crippen LogP) is 3.40. The molecule has 0 spiro atoms. The third-order valence-electron chi connectivity index (χ3n) is 5.25. The summed E-state index contributed by atoms with van der Waals surface area (Å²) < 4.78 is 38.2. The van der Waals surface area contributed by atoms with Crippen LogP contribution in [0.1, 0.15) is 24.2 Å². The first-order valence-electron chi connectivity index (χ1n) is 11.0. The van der Waals surface area contributed by atoms with E-state index in [1.807, 2.05) is 49.6 Å². The SMILES string of the molecule is CC1CN(S(=O)(=O)c2cccc(C(=O)OCC(=O)Nc3nc(-c4ccccc4)cs3)c2)CC(C)O1. The molecular formula is C24H25N3O6S2. The lowest BCUT2D eigenvalue weighted by Crippen LogP contribution is -2.48. The van der Waals surface area contributed by atoms with Crippen LogP contribution in [0.3, 0.4) is 0 Å². The minimum Gasteiger partial charge on any atom is -0.452 e. The zero-order valence-electron chi connectivity index (χ0n) is 19.2. The van der Waals surface area contributed by atoms with E-state index in [1.165, 1.54) is 39.9 Å². The maximum atomic E-state index is 13.1. The molecule has 0 radical (unpaired) electrons. The van der Waals surface area contributed by atoms with E-state index in [2.05, 4.69) is 10.3 Å². The quantitative estimate of drug-likeness (QED) is 0.480. The fraction of sp³-hybridized carbons (Fsp3) is 0.292. The average Bonchev–Trinajstić information content (AvgIpc) is 3.31. The van der Waals surface area contributed by atoms with Gasteiger partial charge in [-0.1, -0.05) is 36.4 Å². The second-order valence-electron chi connectivity index (χ2n) is 8.14. The van der Waals surface area contributed by atoms with Crippen LogP contribution in [0.15, 0.2) is 64.9 Å². The number of ether oxygens (including phenoxy) is 2. The summed E-state index contributed by atoms with van der Waals surface area (Å²) >= 11 is 1.26. The van der Waals surface area contributed by atoms with E-state index in [1.54, 1.807) is 0 Å². The number of hydrogen-bond acceptors (Lipinski definition) is 8. The Labute approximate surface area is 207 Å². The Balaban J connectivity index is 1.36. The third-order valence-corrected chi connectivity index (χ3v) is 7.83. The highest BCUT2D eigenvalue weighted by Crippen LogP contribution is 2.25. The summed E-state index contributed by atoms with van der Waals surface area (Å²) in [5, 5.41) is 4.80. The van der Waals surface area contributed by atoms with Crippen LogP contribution in [0.5, 0.6) is 0 Å². The maximum Gasteiger partial charge on any atom is 0.338 e. The highest BCUT2D eigenvalue weighted by atomic mass is 32.2. The highest BCUT2D eigenvalue weighted by molar-refractivity contribution is 7.89. The molecule has 2 unspecified atom stereocenters. The van der Waals surface area contributed by atoms with Crippen molar-refractivity contribution in [1.29, 1.82) is 0 Å². The molecule has 1 amide bonds. The molecule has 0 bridgehead atoms. The number of rotatable bonds is 7. The summed E-state index contributed by atoms with van der Waals surface area (Å²) in [7, 11) is -3.82. The second kappa shape index (κ2) is 10.6. The lowest BCUT2D eigenvalue weighted by atomic mass is 10.2. The van der Waals surface area contributed by atoms with Crippen LogP contribution < -0.4 is 5.32 Å². The lowest BCUT2D eigenvalue weighted by molar-refractivity contribution is -0.119. The fourth-order valence-electron chi connectivity index (χ4n) is 3.70. The molecule has 3 aromatic rings. The van der Waals surface area contributed by atoms with E-state index in [0.717, 1.165) is 11.3 Å². The van der Waals surface area contributed by atoms with Gasteiger partial charge in [0.1, 0.15) is 0 Å². The summed E-state index contributed by atoms with van der Waals surface area (Å²) in [6, 6.07) is 15.1. The van der Waals surface area contributed by atoms with E-state index in [4.69, 9.17) is 9.47 Å². The summed E-state index contributed by atoms with van der Waals surface area (Å²) in [5.74, 6) is -1.35. The fourth-order valence-corrected chi connectivity index (χ4v) is 6.07.